The number of benzene rings is 4. The van der Waals surface area contributed by atoms with E-state index < -0.39 is 6.04 Å². The van der Waals surface area contributed by atoms with E-state index >= 15 is 0 Å². The van der Waals surface area contributed by atoms with E-state index in [1.165, 1.54) is 0 Å². The van der Waals surface area contributed by atoms with Crippen LogP contribution < -0.4 is 14.8 Å². The van der Waals surface area contributed by atoms with E-state index in [0.717, 1.165) is 16.7 Å². The fourth-order valence-electron chi connectivity index (χ4n) is 4.23. The fourth-order valence-corrected chi connectivity index (χ4v) is 4.23. The molecular weight excluding hydrogens is 476 g/mol. The summed E-state index contributed by atoms with van der Waals surface area (Å²) in [6.45, 7) is 0.376. The lowest BCUT2D eigenvalue weighted by atomic mass is 10.0. The smallest absolute Gasteiger partial charge is 0.261 e. The van der Waals surface area contributed by atoms with Crippen molar-refractivity contribution in [2.24, 2.45) is 0 Å². The van der Waals surface area contributed by atoms with E-state index in [0.29, 0.717) is 17.9 Å². The summed E-state index contributed by atoms with van der Waals surface area (Å²) in [5.41, 5.74) is 2.74. The van der Waals surface area contributed by atoms with Crippen LogP contribution >= 0.6 is 0 Å². The first-order valence-electron chi connectivity index (χ1n) is 12.6. The van der Waals surface area contributed by atoms with Gasteiger partial charge in [-0.25, -0.2) is 0 Å². The van der Waals surface area contributed by atoms with E-state index in [-0.39, 0.29) is 31.5 Å². The van der Waals surface area contributed by atoms with Crippen molar-refractivity contribution >= 4 is 11.8 Å². The van der Waals surface area contributed by atoms with Crippen LogP contribution in [-0.4, -0.2) is 36.5 Å². The highest BCUT2D eigenvalue weighted by Gasteiger charge is 2.30. The molecule has 0 aliphatic rings. The minimum atomic E-state index is -0.751. The Morgan fingerprint density at radius 1 is 0.763 bits per heavy atom. The fraction of sp³-hybridized carbons (Fsp3) is 0.188. The van der Waals surface area contributed by atoms with Gasteiger partial charge in [0.25, 0.3) is 5.91 Å². The molecule has 0 unspecified atom stereocenters. The summed E-state index contributed by atoms with van der Waals surface area (Å²) < 4.78 is 11.2. The Morgan fingerprint density at radius 2 is 1.34 bits per heavy atom. The molecule has 0 heterocycles. The lowest BCUT2D eigenvalue weighted by Crippen LogP contribution is -2.51. The summed E-state index contributed by atoms with van der Waals surface area (Å²) in [7, 11) is 1.60. The number of para-hydroxylation sites is 2. The highest BCUT2D eigenvalue weighted by molar-refractivity contribution is 5.88. The first-order chi connectivity index (χ1) is 18.6. The zero-order valence-corrected chi connectivity index (χ0v) is 21.5. The lowest BCUT2D eigenvalue weighted by Gasteiger charge is -2.31. The van der Waals surface area contributed by atoms with Crippen molar-refractivity contribution in [3.05, 3.63) is 132 Å². The predicted molar refractivity (Wildman–Crippen MR) is 148 cm³/mol. The summed E-state index contributed by atoms with van der Waals surface area (Å²) in [6.07, 6.45) is 0.364. The normalized spacial score (nSPS) is 11.3. The molecule has 1 atom stereocenters. The SMILES string of the molecule is COc1ccccc1CNC(=O)[C@@H](Cc1ccccc1)N(Cc1ccccc1)C(=O)COc1ccccc1. The van der Waals surface area contributed by atoms with Crippen molar-refractivity contribution in [2.75, 3.05) is 13.7 Å². The molecule has 0 saturated carbocycles. The number of nitrogens with one attached hydrogen (secondary N) is 1. The Bertz CT molecular complexity index is 1300. The van der Waals surface area contributed by atoms with Crippen LogP contribution in [0, 0.1) is 0 Å². The first-order valence-corrected chi connectivity index (χ1v) is 12.6. The molecule has 0 bridgehead atoms. The van der Waals surface area contributed by atoms with Gasteiger partial charge in [-0.2, -0.15) is 0 Å². The number of amides is 2. The van der Waals surface area contributed by atoms with Crippen molar-refractivity contribution < 1.29 is 19.1 Å². The minimum absolute atomic E-state index is 0.179. The van der Waals surface area contributed by atoms with Crippen molar-refractivity contribution in [2.45, 2.75) is 25.6 Å². The van der Waals surface area contributed by atoms with E-state index in [1.54, 1.807) is 24.1 Å². The maximum Gasteiger partial charge on any atom is 0.261 e. The summed E-state index contributed by atoms with van der Waals surface area (Å²) in [6, 6.07) is 35.4. The third kappa shape index (κ3) is 7.46. The standard InChI is InChI=1S/C32H32N2O4/c1-37-30-20-12-11-17-27(30)22-33-32(36)29(21-25-13-5-2-6-14-25)34(23-26-15-7-3-8-16-26)31(35)24-38-28-18-9-4-10-19-28/h2-20,29H,21-24H2,1H3,(H,33,36)/t29-/m1/s1. The maximum atomic E-state index is 13.7. The van der Waals surface area contributed by atoms with Crippen LogP contribution in [0.2, 0.25) is 0 Å². The number of ether oxygens (including phenoxy) is 2. The highest BCUT2D eigenvalue weighted by Crippen LogP contribution is 2.19. The van der Waals surface area contributed by atoms with Crippen LogP contribution in [0.5, 0.6) is 11.5 Å². The van der Waals surface area contributed by atoms with Gasteiger partial charge in [-0.15, -0.1) is 0 Å². The van der Waals surface area contributed by atoms with E-state index in [1.807, 2.05) is 103 Å². The van der Waals surface area contributed by atoms with Crippen LogP contribution in [0.1, 0.15) is 16.7 Å². The first kappa shape index (κ1) is 26.5. The Morgan fingerprint density at radius 3 is 2.00 bits per heavy atom. The van der Waals surface area contributed by atoms with Crippen LogP contribution in [-0.2, 0) is 29.1 Å². The molecule has 0 spiro atoms. The second-order valence-electron chi connectivity index (χ2n) is 8.84. The third-order valence-electron chi connectivity index (χ3n) is 6.22. The molecule has 0 aliphatic carbocycles. The van der Waals surface area contributed by atoms with Crippen molar-refractivity contribution in [3.63, 3.8) is 0 Å². The molecule has 38 heavy (non-hydrogen) atoms. The number of rotatable bonds is 12. The van der Waals surface area contributed by atoms with Gasteiger partial charge in [-0.3, -0.25) is 9.59 Å². The summed E-state index contributed by atoms with van der Waals surface area (Å²) >= 11 is 0. The highest BCUT2D eigenvalue weighted by atomic mass is 16.5. The molecule has 0 radical (unpaired) electrons. The summed E-state index contributed by atoms with van der Waals surface area (Å²) in [4.78, 5) is 29.0. The monoisotopic (exact) mass is 508 g/mol. The molecule has 6 nitrogen and oxygen atoms in total. The molecular formula is C32H32N2O4. The molecule has 6 heteroatoms. The second-order valence-corrected chi connectivity index (χ2v) is 8.84. The number of methoxy groups -OCH3 is 1. The molecule has 1 N–H and O–H groups in total. The van der Waals surface area contributed by atoms with Crippen LogP contribution in [0.25, 0.3) is 0 Å². The Kier molecular flexibility index (Phi) is 9.51. The molecule has 0 saturated heterocycles. The molecule has 194 valence electrons. The molecule has 0 aliphatic heterocycles. The number of carbonyl (C=O) groups excluding carboxylic acids is 2. The number of hydrogen-bond donors (Lipinski definition) is 1. The number of hydrogen-bond acceptors (Lipinski definition) is 4. The summed E-state index contributed by atoms with van der Waals surface area (Å²) in [5, 5.41) is 3.04. The molecule has 4 aromatic carbocycles. The second kappa shape index (κ2) is 13.7. The molecule has 4 aromatic rings. The zero-order chi connectivity index (χ0) is 26.6. The molecule has 2 amide bonds. The van der Waals surface area contributed by atoms with Crippen LogP contribution in [0.4, 0.5) is 0 Å². The number of nitrogens with zero attached hydrogens (tertiary/aromatic N) is 1. The van der Waals surface area contributed by atoms with Gasteiger partial charge in [0.2, 0.25) is 5.91 Å². The largest absolute Gasteiger partial charge is 0.496 e. The maximum absolute atomic E-state index is 13.7. The van der Waals surface area contributed by atoms with Gasteiger partial charge in [-0.05, 0) is 29.3 Å². The van der Waals surface area contributed by atoms with Gasteiger partial charge in [0.05, 0.1) is 7.11 Å². The van der Waals surface area contributed by atoms with Gasteiger partial charge in [0, 0.05) is 25.1 Å². The Labute approximate surface area is 223 Å². The van der Waals surface area contributed by atoms with Gasteiger partial charge >= 0.3 is 0 Å². The molecule has 0 aromatic heterocycles. The number of carbonyl (C=O) groups is 2. The van der Waals surface area contributed by atoms with E-state index in [9.17, 15) is 9.59 Å². The van der Waals surface area contributed by atoms with Gasteiger partial charge in [0.1, 0.15) is 17.5 Å². The van der Waals surface area contributed by atoms with E-state index in [4.69, 9.17) is 9.47 Å². The zero-order valence-electron chi connectivity index (χ0n) is 21.5. The topological polar surface area (TPSA) is 67.9 Å². The van der Waals surface area contributed by atoms with Gasteiger partial charge in [-0.1, -0.05) is 97.1 Å². The quantitative estimate of drug-likeness (QED) is 0.292. The van der Waals surface area contributed by atoms with Crippen LogP contribution in [0.3, 0.4) is 0 Å². The van der Waals surface area contributed by atoms with Gasteiger partial charge < -0.3 is 19.7 Å². The predicted octanol–water partition coefficient (Wildman–Crippen LogP) is 5.03. The van der Waals surface area contributed by atoms with E-state index in [2.05, 4.69) is 5.32 Å². The molecule has 4 rings (SSSR count). The average Bonchev–Trinajstić information content (AvgIpc) is 2.98. The van der Waals surface area contributed by atoms with Crippen molar-refractivity contribution in [3.8, 4) is 11.5 Å². The van der Waals surface area contributed by atoms with Crippen LogP contribution in [0.15, 0.2) is 115 Å². The minimum Gasteiger partial charge on any atom is -0.496 e. The lowest BCUT2D eigenvalue weighted by molar-refractivity contribution is -0.142. The molecule has 0 fully saturated rings. The average molecular weight is 509 g/mol. The third-order valence-corrected chi connectivity index (χ3v) is 6.22. The Balaban J connectivity index is 1.60. The summed E-state index contributed by atoms with van der Waals surface area (Å²) in [5.74, 6) is 0.775. The van der Waals surface area contributed by atoms with Crippen molar-refractivity contribution in [1.29, 1.82) is 0 Å². The van der Waals surface area contributed by atoms with Crippen molar-refractivity contribution in [1.82, 2.24) is 10.2 Å². The Hall–Kier alpha value is -4.58. The van der Waals surface area contributed by atoms with Gasteiger partial charge in [0.15, 0.2) is 6.61 Å².